The Hall–Kier alpha value is -3.30. The van der Waals surface area contributed by atoms with E-state index in [1.54, 1.807) is 25.1 Å². The van der Waals surface area contributed by atoms with Crippen LogP contribution in [0.5, 0.6) is 0 Å². The van der Waals surface area contributed by atoms with E-state index in [1.165, 1.54) is 28.3 Å². The second-order valence-electron chi connectivity index (χ2n) is 11.9. The molecule has 2 atom stereocenters. The van der Waals surface area contributed by atoms with Gasteiger partial charge in [-0.1, -0.05) is 38.1 Å². The summed E-state index contributed by atoms with van der Waals surface area (Å²) in [7, 11) is 3.31. The molecule has 1 aromatic heterocycles. The summed E-state index contributed by atoms with van der Waals surface area (Å²) in [5, 5.41) is 3.47. The fraction of sp³-hybridized carbons (Fsp3) is 0.552. The van der Waals surface area contributed by atoms with Crippen molar-refractivity contribution in [2.75, 3.05) is 39.0 Å². The number of piperidine rings is 1. The van der Waals surface area contributed by atoms with Crippen LogP contribution in [0.15, 0.2) is 42.6 Å². The number of carbonyl (C=O) groups excluding carboxylic acids is 2. The zero-order chi connectivity index (χ0) is 28.2. The van der Waals surface area contributed by atoms with E-state index in [4.69, 9.17) is 0 Å². The third-order valence-corrected chi connectivity index (χ3v) is 8.96. The molecule has 10 heteroatoms. The van der Waals surface area contributed by atoms with Gasteiger partial charge in [-0.3, -0.25) is 9.78 Å². The highest BCUT2D eigenvalue weighted by atomic mass is 19.4. The molecule has 1 spiro atoms. The number of hydrogen-bond donors (Lipinski definition) is 1. The quantitative estimate of drug-likeness (QED) is 0.590. The number of nitrogens with zero attached hydrogens (tertiary/aromatic N) is 4. The number of rotatable bonds is 4. The molecule has 1 aliphatic carbocycles. The van der Waals surface area contributed by atoms with Gasteiger partial charge in [0.2, 0.25) is 5.91 Å². The Morgan fingerprint density at radius 2 is 1.74 bits per heavy atom. The Morgan fingerprint density at radius 3 is 2.33 bits per heavy atom. The van der Waals surface area contributed by atoms with Gasteiger partial charge in [-0.2, -0.15) is 13.2 Å². The summed E-state index contributed by atoms with van der Waals surface area (Å²) in [6.45, 7) is 5.04. The van der Waals surface area contributed by atoms with Crippen LogP contribution in [0.25, 0.3) is 0 Å². The number of carbonyl (C=O) groups is 2. The van der Waals surface area contributed by atoms with E-state index in [-0.39, 0.29) is 29.7 Å². The first-order valence-corrected chi connectivity index (χ1v) is 13.5. The van der Waals surface area contributed by atoms with Crippen LogP contribution < -0.4 is 5.32 Å². The summed E-state index contributed by atoms with van der Waals surface area (Å²) in [6.07, 6.45) is -1.34. The van der Waals surface area contributed by atoms with Crippen molar-refractivity contribution in [2.45, 2.75) is 63.2 Å². The van der Waals surface area contributed by atoms with Gasteiger partial charge >= 0.3 is 12.2 Å². The van der Waals surface area contributed by atoms with Crippen molar-refractivity contribution in [1.82, 2.24) is 19.7 Å². The summed E-state index contributed by atoms with van der Waals surface area (Å²) in [6, 6.07) is 9.09. The van der Waals surface area contributed by atoms with E-state index in [2.05, 4.69) is 36.3 Å². The Morgan fingerprint density at radius 1 is 1.08 bits per heavy atom. The molecule has 2 fully saturated rings. The SMILES string of the molecule is CN(C)C(=O)N1CCC2(CC1)CCN([C@@H](c1ccc(N[C@H]3Cc4ccccc4C3(C)C)cn1)C(F)(F)F)C2=O. The molecule has 2 aliphatic heterocycles. The fourth-order valence-corrected chi connectivity index (χ4v) is 6.55. The van der Waals surface area contributed by atoms with Crippen molar-refractivity contribution in [2.24, 2.45) is 5.41 Å². The molecular weight excluding hydrogens is 507 g/mol. The molecule has 3 aliphatic rings. The molecule has 3 heterocycles. The van der Waals surface area contributed by atoms with E-state index in [0.29, 0.717) is 38.0 Å². The Balaban J connectivity index is 1.31. The van der Waals surface area contributed by atoms with Crippen LogP contribution in [-0.4, -0.2) is 77.6 Å². The summed E-state index contributed by atoms with van der Waals surface area (Å²) in [5.41, 5.74) is 1.98. The molecule has 0 saturated carbocycles. The maximum absolute atomic E-state index is 14.4. The van der Waals surface area contributed by atoms with Crippen LogP contribution in [0.2, 0.25) is 0 Å². The number of urea groups is 1. The molecule has 3 amide bonds. The predicted molar refractivity (Wildman–Crippen MR) is 142 cm³/mol. The average molecular weight is 544 g/mol. The lowest BCUT2D eigenvalue weighted by Crippen LogP contribution is -2.50. The minimum atomic E-state index is -4.67. The number of nitrogens with one attached hydrogen (secondary N) is 1. The number of halogens is 3. The Bertz CT molecular complexity index is 1240. The fourth-order valence-electron chi connectivity index (χ4n) is 6.55. The van der Waals surface area contributed by atoms with Crippen molar-refractivity contribution in [3.05, 3.63) is 59.4 Å². The summed E-state index contributed by atoms with van der Waals surface area (Å²) in [5.74, 6) is -0.490. The smallest absolute Gasteiger partial charge is 0.380 e. The van der Waals surface area contributed by atoms with E-state index in [1.807, 2.05) is 12.1 Å². The topological polar surface area (TPSA) is 68.8 Å². The van der Waals surface area contributed by atoms with Gasteiger partial charge in [0.05, 0.1) is 23.0 Å². The van der Waals surface area contributed by atoms with Crippen molar-refractivity contribution in [1.29, 1.82) is 0 Å². The maximum Gasteiger partial charge on any atom is 0.414 e. The Kier molecular flexibility index (Phi) is 6.79. The van der Waals surface area contributed by atoms with Gasteiger partial charge in [0.1, 0.15) is 0 Å². The normalized spacial score (nSPS) is 22.6. The lowest BCUT2D eigenvalue weighted by atomic mass is 9.77. The van der Waals surface area contributed by atoms with Crippen molar-refractivity contribution in [3.63, 3.8) is 0 Å². The van der Waals surface area contributed by atoms with Crippen LogP contribution in [0, 0.1) is 5.41 Å². The first-order valence-electron chi connectivity index (χ1n) is 13.5. The van der Waals surface area contributed by atoms with E-state index in [0.717, 1.165) is 11.3 Å². The summed E-state index contributed by atoms with van der Waals surface area (Å²) in [4.78, 5) is 34.1. The molecule has 2 aromatic rings. The van der Waals surface area contributed by atoms with Gasteiger partial charge < -0.3 is 20.0 Å². The molecule has 210 valence electrons. The minimum Gasteiger partial charge on any atom is -0.380 e. The monoisotopic (exact) mass is 543 g/mol. The molecule has 39 heavy (non-hydrogen) atoms. The lowest BCUT2D eigenvalue weighted by Gasteiger charge is -2.39. The number of alkyl halides is 3. The largest absolute Gasteiger partial charge is 0.414 e. The number of amides is 3. The summed E-state index contributed by atoms with van der Waals surface area (Å²) >= 11 is 0. The van der Waals surface area contributed by atoms with E-state index in [9.17, 15) is 22.8 Å². The number of pyridine rings is 1. The number of hydrogen-bond acceptors (Lipinski definition) is 4. The minimum absolute atomic E-state index is 0.0147. The van der Waals surface area contributed by atoms with Crippen LogP contribution >= 0.6 is 0 Å². The van der Waals surface area contributed by atoms with E-state index >= 15 is 0 Å². The first kappa shape index (κ1) is 27.3. The maximum atomic E-state index is 14.4. The Labute approximate surface area is 227 Å². The van der Waals surface area contributed by atoms with E-state index < -0.39 is 23.5 Å². The van der Waals surface area contributed by atoms with Crippen LogP contribution in [-0.2, 0) is 16.6 Å². The first-order chi connectivity index (χ1) is 18.3. The predicted octanol–water partition coefficient (Wildman–Crippen LogP) is 5.00. The molecule has 7 nitrogen and oxygen atoms in total. The molecule has 0 bridgehead atoms. The third-order valence-electron chi connectivity index (χ3n) is 8.96. The number of fused-ring (bicyclic) bond motifs is 1. The highest BCUT2D eigenvalue weighted by Gasteiger charge is 2.56. The number of benzene rings is 1. The highest BCUT2D eigenvalue weighted by molar-refractivity contribution is 5.86. The number of anilines is 1. The van der Waals surface area contributed by atoms with Gasteiger partial charge in [0, 0.05) is 45.2 Å². The second-order valence-corrected chi connectivity index (χ2v) is 11.9. The van der Waals surface area contributed by atoms with Crippen LogP contribution in [0.1, 0.15) is 56.0 Å². The van der Waals surface area contributed by atoms with Gasteiger partial charge in [0.15, 0.2) is 6.04 Å². The second kappa shape index (κ2) is 9.71. The zero-order valence-electron chi connectivity index (χ0n) is 22.9. The van der Waals surface area contributed by atoms with Gasteiger partial charge in [-0.25, -0.2) is 4.79 Å². The number of likely N-dealkylation sites (tertiary alicyclic amines) is 2. The molecule has 0 radical (unpaired) electrons. The molecule has 1 N–H and O–H groups in total. The van der Waals surface area contributed by atoms with Gasteiger partial charge in [-0.05, 0) is 48.9 Å². The van der Waals surface area contributed by atoms with Crippen molar-refractivity contribution >= 4 is 17.6 Å². The standard InChI is InChI=1S/C29H36F3N5O2/c1-27(2)21-8-6-5-7-19(21)17-23(27)34-20-9-10-22(33-18-20)24(29(30,31)32)37-16-13-28(25(37)38)11-14-36(15-12-28)26(39)35(3)4/h5-10,18,23-24,34H,11-17H2,1-4H3/t23-,24-/m0/s1. The lowest BCUT2D eigenvalue weighted by molar-refractivity contribution is -0.191. The molecule has 2 saturated heterocycles. The molecular formula is C29H36F3N5O2. The van der Waals surface area contributed by atoms with Gasteiger partial charge in [0.25, 0.3) is 0 Å². The zero-order valence-corrected chi connectivity index (χ0v) is 22.9. The highest BCUT2D eigenvalue weighted by Crippen LogP contribution is 2.48. The van der Waals surface area contributed by atoms with Gasteiger partial charge in [-0.15, -0.1) is 0 Å². The van der Waals surface area contributed by atoms with Crippen LogP contribution in [0.4, 0.5) is 23.7 Å². The van der Waals surface area contributed by atoms with Crippen molar-refractivity contribution < 1.29 is 22.8 Å². The molecule has 1 aromatic carbocycles. The average Bonchev–Trinajstić information content (AvgIpc) is 3.32. The molecule has 5 rings (SSSR count). The third kappa shape index (κ3) is 4.82. The van der Waals surface area contributed by atoms with Crippen molar-refractivity contribution in [3.8, 4) is 0 Å². The van der Waals surface area contributed by atoms with Crippen LogP contribution in [0.3, 0.4) is 0 Å². The summed E-state index contributed by atoms with van der Waals surface area (Å²) < 4.78 is 43.3. The molecule has 0 unspecified atom stereocenters. The number of aromatic nitrogens is 1.